The molecular weight excluding hydrogens is 1020 g/mol. The fourth-order valence-electron chi connectivity index (χ4n) is 8.75. The topological polar surface area (TPSA) is 33.5 Å². The molecule has 3 heterocycles. The molecule has 2 aromatic heterocycles. The molecule has 0 N–H and O–H groups in total. The summed E-state index contributed by atoms with van der Waals surface area (Å²) in [6.07, 6.45) is 6.28. The second kappa shape index (κ2) is 18.6. The van der Waals surface area contributed by atoms with Gasteiger partial charge in [0.05, 0.1) is 6.67 Å². The molecule has 0 saturated heterocycles. The SMILES string of the molecule is CC(C)(C)c1cc(Oc2[c-]c3c(cc2)c2cc(-c4cc(C(C)(C)C)cc(C(C)(C)C)c4)ccc2n3-c2cc(C(C)(C)C)ccn2)[c-]c(N2C=CN(c3cc(C(C)(C)C)cc(C(C)(C)C)c3)C2)c1.[CH3-].[Pt]. The van der Waals surface area contributed by atoms with Gasteiger partial charge in [0.1, 0.15) is 5.82 Å². The van der Waals surface area contributed by atoms with E-state index < -0.39 is 0 Å². The van der Waals surface area contributed by atoms with E-state index in [1.54, 1.807) is 0 Å². The third-order valence-corrected chi connectivity index (χ3v) is 13.4. The van der Waals surface area contributed by atoms with E-state index in [-0.39, 0.29) is 61.0 Å². The van der Waals surface area contributed by atoms with Crippen molar-refractivity contribution < 1.29 is 25.8 Å². The summed E-state index contributed by atoms with van der Waals surface area (Å²) < 4.78 is 9.14. The molecule has 0 fully saturated rings. The zero-order valence-electron chi connectivity index (χ0n) is 45.1. The molecule has 368 valence electrons. The number of aromatic nitrogens is 2. The van der Waals surface area contributed by atoms with Crippen LogP contribution in [0, 0.1) is 19.6 Å². The molecule has 8 rings (SSSR count). The molecule has 1 aliphatic heterocycles. The third kappa shape index (κ3) is 11.3. The van der Waals surface area contributed by atoms with Crippen LogP contribution >= 0.6 is 0 Å². The van der Waals surface area contributed by atoms with E-state index in [1.165, 1.54) is 50.2 Å². The van der Waals surface area contributed by atoms with Crippen molar-refractivity contribution >= 4 is 33.2 Å². The largest absolute Gasteiger partial charge is 0.509 e. The number of fused-ring (bicyclic) bond motifs is 3. The monoisotopic (exact) mass is 1100 g/mol. The van der Waals surface area contributed by atoms with Gasteiger partial charge in [-0.05, 0) is 107 Å². The number of benzene rings is 5. The zero-order chi connectivity index (χ0) is 48.8. The van der Waals surface area contributed by atoms with Crippen molar-refractivity contribution in [3.05, 3.63) is 163 Å². The van der Waals surface area contributed by atoms with Crippen LogP contribution in [0.3, 0.4) is 0 Å². The first-order valence-corrected chi connectivity index (χ1v) is 24.2. The van der Waals surface area contributed by atoms with Gasteiger partial charge in [0, 0.05) is 62.4 Å². The van der Waals surface area contributed by atoms with E-state index in [1.807, 2.05) is 6.20 Å². The third-order valence-electron chi connectivity index (χ3n) is 13.4. The van der Waals surface area contributed by atoms with Gasteiger partial charge in [0.15, 0.2) is 0 Å². The molecule has 5 aromatic carbocycles. The Morgan fingerprint density at radius 3 is 1.54 bits per heavy atom. The van der Waals surface area contributed by atoms with Crippen LogP contribution in [0.4, 0.5) is 11.4 Å². The maximum absolute atomic E-state index is 6.88. The Kier molecular flexibility index (Phi) is 14.3. The van der Waals surface area contributed by atoms with E-state index in [0.717, 1.165) is 33.3 Å². The van der Waals surface area contributed by atoms with Crippen LogP contribution in [0.15, 0.2) is 110 Å². The van der Waals surface area contributed by atoms with Crippen molar-refractivity contribution in [2.45, 2.75) is 157 Å². The Hall–Kier alpha value is -5.12. The Morgan fingerprint density at radius 2 is 0.986 bits per heavy atom. The molecule has 0 radical (unpaired) electrons. The number of hydrogen-bond donors (Lipinski definition) is 0. The molecule has 0 spiro atoms. The molecule has 0 atom stereocenters. The Morgan fingerprint density at radius 1 is 0.464 bits per heavy atom. The first-order chi connectivity index (χ1) is 30.9. The number of anilines is 2. The fourth-order valence-corrected chi connectivity index (χ4v) is 8.75. The summed E-state index contributed by atoms with van der Waals surface area (Å²) in [4.78, 5) is 9.60. The molecule has 7 aromatic rings. The minimum absolute atomic E-state index is 0. The van der Waals surface area contributed by atoms with Gasteiger partial charge in [-0.2, -0.15) is 6.07 Å². The second-order valence-corrected chi connectivity index (χ2v) is 25.2. The predicted octanol–water partition coefficient (Wildman–Crippen LogP) is 17.2. The number of hydrogen-bond acceptors (Lipinski definition) is 4. The average molecular weight is 1100 g/mol. The molecule has 0 aliphatic carbocycles. The van der Waals surface area contributed by atoms with Crippen LogP contribution in [0.2, 0.25) is 0 Å². The smallest absolute Gasteiger partial charge is 0.135 e. The first kappa shape index (κ1) is 53.2. The molecule has 0 amide bonds. The Balaban J connectivity index is 0.00000391. The summed E-state index contributed by atoms with van der Waals surface area (Å²) in [7, 11) is 0. The zero-order valence-corrected chi connectivity index (χ0v) is 47.4. The standard InChI is InChI=1S/C62H74N4O.CH3.Pt/c1-57(2,3)42-23-24-63-56(36-42)66-54-22-19-40(41-27-43(58(4,5)6)30-44(28-41)59(7,8)9)29-53(54)52-21-20-50(38-55(52)66)67-51-35-47(62(16,17)18)34-49(37-51)65-26-25-64(39-65)48-32-45(60(10,11)12)31-46(33-48)61(13,14)15;;/h19-36H,39H2,1-18H3;1H3;/q-2;-1;. The molecule has 5 nitrogen and oxygen atoms in total. The molecule has 0 unspecified atom stereocenters. The van der Waals surface area contributed by atoms with Crippen LogP contribution in [0.1, 0.15) is 158 Å². The minimum atomic E-state index is -0.130. The summed E-state index contributed by atoms with van der Waals surface area (Å²) >= 11 is 0. The molecule has 6 heteroatoms. The van der Waals surface area contributed by atoms with Crippen molar-refractivity contribution in [1.29, 1.82) is 0 Å². The Bertz CT molecular complexity index is 2970. The summed E-state index contributed by atoms with van der Waals surface area (Å²) in [6, 6.07) is 41.5. The minimum Gasteiger partial charge on any atom is -0.509 e. The molecule has 0 saturated carbocycles. The Labute approximate surface area is 430 Å². The summed E-state index contributed by atoms with van der Waals surface area (Å²) in [5.74, 6) is 2.13. The van der Waals surface area contributed by atoms with Gasteiger partial charge >= 0.3 is 0 Å². The maximum Gasteiger partial charge on any atom is 0.135 e. The molecular formula is C63H77N4OPt-3. The van der Waals surface area contributed by atoms with Crippen molar-refractivity contribution in [3.8, 4) is 28.4 Å². The number of nitrogens with zero attached hydrogens (tertiary/aromatic N) is 4. The molecule has 0 bridgehead atoms. The van der Waals surface area contributed by atoms with Gasteiger partial charge in [-0.3, -0.25) is 0 Å². The summed E-state index contributed by atoms with van der Waals surface area (Å²) in [5.41, 5.74) is 14.2. The van der Waals surface area contributed by atoms with Crippen molar-refractivity contribution in [2.24, 2.45) is 0 Å². The quantitative estimate of drug-likeness (QED) is 0.155. The number of pyridine rings is 1. The van der Waals surface area contributed by atoms with Gasteiger partial charge in [-0.15, -0.1) is 41.3 Å². The van der Waals surface area contributed by atoms with Gasteiger partial charge in [-0.1, -0.05) is 172 Å². The van der Waals surface area contributed by atoms with E-state index >= 15 is 0 Å². The van der Waals surface area contributed by atoms with Crippen LogP contribution in [0.25, 0.3) is 38.8 Å². The van der Waals surface area contributed by atoms with Crippen LogP contribution in [-0.4, -0.2) is 16.2 Å². The van der Waals surface area contributed by atoms with E-state index in [4.69, 9.17) is 9.72 Å². The van der Waals surface area contributed by atoms with E-state index in [9.17, 15) is 0 Å². The normalized spacial score (nSPS) is 13.8. The van der Waals surface area contributed by atoms with Gasteiger partial charge in [0.2, 0.25) is 0 Å². The number of ether oxygens (including phenoxy) is 1. The van der Waals surface area contributed by atoms with Gasteiger partial charge < -0.3 is 26.5 Å². The van der Waals surface area contributed by atoms with Gasteiger partial charge in [-0.25, -0.2) is 4.98 Å². The molecule has 69 heavy (non-hydrogen) atoms. The average Bonchev–Trinajstić information content (AvgIpc) is 3.85. The van der Waals surface area contributed by atoms with Crippen LogP contribution < -0.4 is 14.5 Å². The number of rotatable bonds is 6. The summed E-state index contributed by atoms with van der Waals surface area (Å²) in [5, 5.41) is 2.24. The van der Waals surface area contributed by atoms with Crippen molar-refractivity contribution in [1.82, 2.24) is 9.55 Å². The predicted molar refractivity (Wildman–Crippen MR) is 292 cm³/mol. The molecule has 1 aliphatic rings. The summed E-state index contributed by atoms with van der Waals surface area (Å²) in [6.45, 7) is 41.7. The van der Waals surface area contributed by atoms with Gasteiger partial charge in [0.25, 0.3) is 0 Å². The first-order valence-electron chi connectivity index (χ1n) is 24.2. The van der Waals surface area contributed by atoms with E-state index in [2.05, 4.69) is 255 Å². The maximum atomic E-state index is 6.88. The van der Waals surface area contributed by atoms with Crippen LogP contribution in [-0.2, 0) is 53.6 Å². The van der Waals surface area contributed by atoms with Crippen molar-refractivity contribution in [3.63, 3.8) is 0 Å². The van der Waals surface area contributed by atoms with Crippen molar-refractivity contribution in [2.75, 3.05) is 16.5 Å². The fraction of sp³-hybridized carbons (Fsp3) is 0.397. The van der Waals surface area contributed by atoms with E-state index in [0.29, 0.717) is 18.2 Å². The second-order valence-electron chi connectivity index (χ2n) is 25.2. The van der Waals surface area contributed by atoms with Crippen LogP contribution in [0.5, 0.6) is 11.5 Å².